The summed E-state index contributed by atoms with van der Waals surface area (Å²) in [6.07, 6.45) is 5.23. The zero-order chi connectivity index (χ0) is 14.5. The molecule has 1 N–H and O–H groups in total. The van der Waals surface area contributed by atoms with Gasteiger partial charge in [-0.1, -0.05) is 42.5 Å². The van der Waals surface area contributed by atoms with Gasteiger partial charge in [-0.2, -0.15) is 0 Å². The Morgan fingerprint density at radius 3 is 2.67 bits per heavy atom. The Labute approximate surface area is 124 Å². The van der Waals surface area contributed by atoms with Crippen LogP contribution in [0.5, 0.6) is 11.5 Å². The first-order valence-corrected chi connectivity index (χ1v) is 7.12. The van der Waals surface area contributed by atoms with Gasteiger partial charge in [0, 0.05) is 24.7 Å². The van der Waals surface area contributed by atoms with E-state index in [1.165, 1.54) is 0 Å². The summed E-state index contributed by atoms with van der Waals surface area (Å²) in [4.78, 5) is 0. The van der Waals surface area contributed by atoms with E-state index in [0.717, 1.165) is 24.2 Å². The Bertz CT molecular complexity index is 616. The van der Waals surface area contributed by atoms with E-state index in [0.29, 0.717) is 12.4 Å². The lowest BCUT2D eigenvalue weighted by Crippen LogP contribution is -2.32. The van der Waals surface area contributed by atoms with Crippen LogP contribution in [0.4, 0.5) is 0 Å². The monoisotopic (exact) mass is 282 g/mol. The smallest absolute Gasteiger partial charge is 0.130 e. The van der Waals surface area contributed by atoms with Crippen molar-refractivity contribution in [3.05, 3.63) is 59.7 Å². The highest BCUT2D eigenvalue weighted by atomic mass is 16.5. The van der Waals surface area contributed by atoms with Crippen LogP contribution in [-0.2, 0) is 4.74 Å². The van der Waals surface area contributed by atoms with Crippen molar-refractivity contribution in [1.29, 1.82) is 0 Å². The molecule has 0 bridgehead atoms. The fourth-order valence-corrected chi connectivity index (χ4v) is 2.13. The number of phenols is 1. The van der Waals surface area contributed by atoms with Crippen LogP contribution in [0.1, 0.15) is 17.5 Å². The highest BCUT2D eigenvalue weighted by Crippen LogP contribution is 2.27. The lowest BCUT2D eigenvalue weighted by atomic mass is 10.1. The van der Waals surface area contributed by atoms with E-state index >= 15 is 0 Å². The molecule has 1 atom stereocenters. The van der Waals surface area contributed by atoms with E-state index in [4.69, 9.17) is 9.47 Å². The van der Waals surface area contributed by atoms with Gasteiger partial charge in [-0.25, -0.2) is 0 Å². The summed E-state index contributed by atoms with van der Waals surface area (Å²) >= 11 is 0. The van der Waals surface area contributed by atoms with E-state index in [-0.39, 0.29) is 11.9 Å². The maximum absolute atomic E-state index is 9.62. The molecule has 0 saturated carbocycles. The van der Waals surface area contributed by atoms with Crippen molar-refractivity contribution in [2.45, 2.75) is 12.5 Å². The largest absolute Gasteiger partial charge is 0.508 e. The number of hydrogen-bond donors (Lipinski definition) is 1. The van der Waals surface area contributed by atoms with Crippen LogP contribution in [-0.4, -0.2) is 24.4 Å². The van der Waals surface area contributed by atoms with Gasteiger partial charge in [0.15, 0.2) is 0 Å². The summed E-state index contributed by atoms with van der Waals surface area (Å²) in [5, 5.41) is 9.62. The number of rotatable bonds is 5. The first-order valence-electron chi connectivity index (χ1n) is 7.12. The number of benzene rings is 2. The molecule has 1 fully saturated rings. The quantitative estimate of drug-likeness (QED) is 0.849. The highest BCUT2D eigenvalue weighted by molar-refractivity contribution is 5.73. The van der Waals surface area contributed by atoms with Crippen LogP contribution in [0, 0.1) is 0 Å². The van der Waals surface area contributed by atoms with Crippen molar-refractivity contribution in [2.75, 3.05) is 13.2 Å². The minimum Gasteiger partial charge on any atom is -0.508 e. The van der Waals surface area contributed by atoms with Crippen molar-refractivity contribution in [3.63, 3.8) is 0 Å². The Kier molecular flexibility index (Phi) is 4.22. The molecule has 0 spiro atoms. The summed E-state index contributed by atoms with van der Waals surface area (Å²) in [7, 11) is 0. The normalized spacial score (nSPS) is 17.6. The lowest BCUT2D eigenvalue weighted by Gasteiger charge is -2.26. The molecule has 21 heavy (non-hydrogen) atoms. The van der Waals surface area contributed by atoms with E-state index in [2.05, 4.69) is 0 Å². The molecule has 3 heteroatoms. The molecule has 1 heterocycles. The van der Waals surface area contributed by atoms with Gasteiger partial charge in [0.1, 0.15) is 18.1 Å². The van der Waals surface area contributed by atoms with E-state index in [1.54, 1.807) is 12.1 Å². The number of phenolic OH excluding ortho intramolecular Hbond substituents is 1. The predicted molar refractivity (Wildman–Crippen MR) is 83.3 cm³/mol. The van der Waals surface area contributed by atoms with Gasteiger partial charge in [-0.3, -0.25) is 0 Å². The molecule has 108 valence electrons. The lowest BCUT2D eigenvalue weighted by molar-refractivity contribution is -0.0721. The third kappa shape index (κ3) is 3.64. The van der Waals surface area contributed by atoms with Crippen molar-refractivity contribution in [3.8, 4) is 11.5 Å². The second-order valence-corrected chi connectivity index (χ2v) is 5.06. The molecule has 0 amide bonds. The van der Waals surface area contributed by atoms with E-state index in [1.807, 2.05) is 48.6 Å². The summed E-state index contributed by atoms with van der Waals surface area (Å²) in [6.45, 7) is 1.34. The Hall–Kier alpha value is -2.26. The van der Waals surface area contributed by atoms with Crippen LogP contribution in [0.3, 0.4) is 0 Å². The van der Waals surface area contributed by atoms with Crippen LogP contribution >= 0.6 is 0 Å². The maximum Gasteiger partial charge on any atom is 0.130 e. The summed E-state index contributed by atoms with van der Waals surface area (Å²) in [5.74, 6) is 0.883. The summed E-state index contributed by atoms with van der Waals surface area (Å²) < 4.78 is 11.1. The molecule has 1 saturated heterocycles. The Balaban J connectivity index is 1.75. The molecule has 0 radical (unpaired) electrons. The fourth-order valence-electron chi connectivity index (χ4n) is 2.13. The van der Waals surface area contributed by atoms with Crippen molar-refractivity contribution in [1.82, 2.24) is 0 Å². The first-order chi connectivity index (χ1) is 10.3. The van der Waals surface area contributed by atoms with Crippen LogP contribution < -0.4 is 4.74 Å². The van der Waals surface area contributed by atoms with Crippen LogP contribution in [0.25, 0.3) is 12.2 Å². The van der Waals surface area contributed by atoms with E-state index in [9.17, 15) is 5.11 Å². The van der Waals surface area contributed by atoms with Gasteiger partial charge in [-0.15, -0.1) is 0 Å². The minimum atomic E-state index is 0.179. The molecule has 2 aromatic carbocycles. The third-order valence-corrected chi connectivity index (χ3v) is 3.47. The third-order valence-electron chi connectivity index (χ3n) is 3.47. The average molecular weight is 282 g/mol. The Morgan fingerprint density at radius 2 is 1.95 bits per heavy atom. The van der Waals surface area contributed by atoms with Crippen molar-refractivity contribution < 1.29 is 14.6 Å². The molecule has 1 aliphatic rings. The van der Waals surface area contributed by atoms with Gasteiger partial charge >= 0.3 is 0 Å². The van der Waals surface area contributed by atoms with Crippen molar-refractivity contribution >= 4 is 12.2 Å². The summed E-state index contributed by atoms with van der Waals surface area (Å²) in [5.41, 5.74) is 2.06. The fraction of sp³-hybridized carbons (Fsp3) is 0.222. The molecule has 3 nitrogen and oxygen atoms in total. The number of hydrogen-bond acceptors (Lipinski definition) is 3. The second-order valence-electron chi connectivity index (χ2n) is 5.06. The molecule has 0 aliphatic carbocycles. The standard InChI is InChI=1S/C18H18O3/c19-16-9-8-15(7-6-14-4-2-1-3-5-14)18(12-16)21-13-17-10-11-20-17/h1-9,12,17,19H,10-11,13H2. The summed E-state index contributed by atoms with van der Waals surface area (Å²) in [6, 6.07) is 15.2. The van der Waals surface area contributed by atoms with Gasteiger partial charge < -0.3 is 14.6 Å². The van der Waals surface area contributed by atoms with E-state index < -0.39 is 0 Å². The van der Waals surface area contributed by atoms with Crippen LogP contribution in [0.15, 0.2) is 48.5 Å². The molecular formula is C18H18O3. The zero-order valence-electron chi connectivity index (χ0n) is 11.7. The molecule has 1 aliphatic heterocycles. The first kappa shape index (κ1) is 13.7. The van der Waals surface area contributed by atoms with Gasteiger partial charge in [0.25, 0.3) is 0 Å². The van der Waals surface area contributed by atoms with Gasteiger partial charge in [0.2, 0.25) is 0 Å². The number of ether oxygens (including phenoxy) is 2. The van der Waals surface area contributed by atoms with Crippen LogP contribution in [0.2, 0.25) is 0 Å². The SMILES string of the molecule is Oc1ccc(C=Cc2ccccc2)c(OCC2CCO2)c1. The molecular weight excluding hydrogens is 264 g/mol. The minimum absolute atomic E-state index is 0.179. The predicted octanol–water partition coefficient (Wildman–Crippen LogP) is 3.73. The molecule has 0 aromatic heterocycles. The number of aromatic hydroxyl groups is 1. The second kappa shape index (κ2) is 6.46. The topological polar surface area (TPSA) is 38.7 Å². The molecule has 2 aromatic rings. The van der Waals surface area contributed by atoms with Crippen molar-refractivity contribution in [2.24, 2.45) is 0 Å². The van der Waals surface area contributed by atoms with Gasteiger partial charge in [-0.05, 0) is 17.7 Å². The molecule has 3 rings (SSSR count). The highest BCUT2D eigenvalue weighted by Gasteiger charge is 2.19. The average Bonchev–Trinajstić information content (AvgIpc) is 2.46. The zero-order valence-corrected chi connectivity index (χ0v) is 11.7. The molecule has 1 unspecified atom stereocenters. The Morgan fingerprint density at radius 1 is 1.14 bits per heavy atom. The maximum atomic E-state index is 9.62. The van der Waals surface area contributed by atoms with Gasteiger partial charge in [0.05, 0.1) is 6.10 Å².